The van der Waals surface area contributed by atoms with E-state index in [0.717, 1.165) is 24.6 Å². The molecule has 0 aliphatic carbocycles. The van der Waals surface area contributed by atoms with Gasteiger partial charge < -0.3 is 10.3 Å². The fourth-order valence-corrected chi connectivity index (χ4v) is 2.37. The maximum atomic E-state index is 12.0. The molecule has 7 heteroatoms. The molecule has 3 N–H and O–H groups in total. The highest BCUT2D eigenvalue weighted by molar-refractivity contribution is 7.99. The van der Waals surface area contributed by atoms with Gasteiger partial charge in [-0.3, -0.25) is 9.78 Å². The first-order valence-corrected chi connectivity index (χ1v) is 6.12. The molecule has 1 amide bonds. The molecule has 1 aliphatic rings. The van der Waals surface area contributed by atoms with Crippen molar-refractivity contribution < 1.29 is 4.79 Å². The van der Waals surface area contributed by atoms with Gasteiger partial charge in [0.25, 0.3) is 5.91 Å². The van der Waals surface area contributed by atoms with E-state index in [-0.39, 0.29) is 5.91 Å². The molecule has 0 atom stereocenters. The van der Waals surface area contributed by atoms with Gasteiger partial charge in [-0.1, -0.05) is 0 Å². The average Bonchev–Trinajstić information content (AvgIpc) is 2.39. The Hall–Kier alpha value is -1.34. The van der Waals surface area contributed by atoms with Crippen molar-refractivity contribution in [3.63, 3.8) is 0 Å². The van der Waals surface area contributed by atoms with E-state index in [1.54, 1.807) is 4.90 Å². The number of hydrazine groups is 1. The first kappa shape index (κ1) is 11.2. The predicted octanol–water partition coefficient (Wildman–Crippen LogP) is -0.0488. The second kappa shape index (κ2) is 5.13. The number of aromatic nitrogens is 2. The van der Waals surface area contributed by atoms with Crippen molar-refractivity contribution in [2.24, 2.45) is 5.84 Å². The molecule has 6 nitrogen and oxygen atoms in total. The smallest absolute Gasteiger partial charge is 0.274 e. The summed E-state index contributed by atoms with van der Waals surface area (Å²) in [4.78, 5) is 21.8. The molecular formula is C9H13N5OS. The van der Waals surface area contributed by atoms with Crippen LogP contribution < -0.4 is 11.3 Å². The summed E-state index contributed by atoms with van der Waals surface area (Å²) in [5.41, 5.74) is 2.71. The molecule has 86 valence electrons. The second-order valence-corrected chi connectivity index (χ2v) is 4.56. The van der Waals surface area contributed by atoms with Gasteiger partial charge >= 0.3 is 0 Å². The van der Waals surface area contributed by atoms with Gasteiger partial charge in [-0.2, -0.15) is 11.8 Å². The molecule has 1 aliphatic heterocycles. The van der Waals surface area contributed by atoms with Gasteiger partial charge in [-0.25, -0.2) is 10.8 Å². The van der Waals surface area contributed by atoms with E-state index in [2.05, 4.69) is 15.4 Å². The van der Waals surface area contributed by atoms with Crippen LogP contribution in [0.15, 0.2) is 12.4 Å². The van der Waals surface area contributed by atoms with Gasteiger partial charge in [-0.15, -0.1) is 0 Å². The van der Waals surface area contributed by atoms with E-state index in [1.165, 1.54) is 12.4 Å². The monoisotopic (exact) mass is 239 g/mol. The van der Waals surface area contributed by atoms with E-state index in [4.69, 9.17) is 5.84 Å². The molecule has 1 aromatic heterocycles. The number of nitrogens with zero attached hydrogens (tertiary/aromatic N) is 3. The number of amides is 1. The Labute approximate surface area is 97.6 Å². The Morgan fingerprint density at radius 3 is 2.88 bits per heavy atom. The third-order valence-electron chi connectivity index (χ3n) is 2.30. The third-order valence-corrected chi connectivity index (χ3v) is 3.24. The molecule has 0 saturated carbocycles. The maximum absolute atomic E-state index is 12.0. The first-order valence-electron chi connectivity index (χ1n) is 4.97. The summed E-state index contributed by atoms with van der Waals surface area (Å²) in [6.07, 6.45) is 2.94. The summed E-state index contributed by atoms with van der Waals surface area (Å²) in [5.74, 6) is 7.50. The molecule has 2 heterocycles. The number of hydrogen-bond acceptors (Lipinski definition) is 6. The van der Waals surface area contributed by atoms with Crippen molar-refractivity contribution in [1.29, 1.82) is 0 Å². The Bertz CT molecular complexity index is 380. The highest BCUT2D eigenvalue weighted by Gasteiger charge is 2.19. The van der Waals surface area contributed by atoms with Gasteiger partial charge in [0.1, 0.15) is 5.69 Å². The molecule has 1 saturated heterocycles. The van der Waals surface area contributed by atoms with Gasteiger partial charge in [0, 0.05) is 24.6 Å². The van der Waals surface area contributed by atoms with Crippen molar-refractivity contribution in [2.45, 2.75) is 0 Å². The lowest BCUT2D eigenvalue weighted by molar-refractivity contribution is 0.0766. The van der Waals surface area contributed by atoms with E-state index in [9.17, 15) is 4.79 Å². The number of carbonyl (C=O) groups excluding carboxylic acids is 1. The number of carbonyl (C=O) groups is 1. The standard InChI is InChI=1S/C9H13N5OS/c10-13-8-6-11-5-7(12-8)9(15)14-1-3-16-4-2-14/h5-6H,1-4,10H2,(H,12,13). The minimum Gasteiger partial charge on any atom is -0.336 e. The van der Waals surface area contributed by atoms with Crippen molar-refractivity contribution in [3.8, 4) is 0 Å². The van der Waals surface area contributed by atoms with E-state index < -0.39 is 0 Å². The highest BCUT2D eigenvalue weighted by Crippen LogP contribution is 2.12. The van der Waals surface area contributed by atoms with E-state index >= 15 is 0 Å². The Morgan fingerprint density at radius 1 is 1.44 bits per heavy atom. The number of nitrogen functional groups attached to an aromatic ring is 1. The maximum Gasteiger partial charge on any atom is 0.274 e. The molecule has 0 aromatic carbocycles. The summed E-state index contributed by atoms with van der Waals surface area (Å²) in [7, 11) is 0. The van der Waals surface area contributed by atoms with Crippen LogP contribution in [0.4, 0.5) is 5.82 Å². The molecule has 0 bridgehead atoms. The van der Waals surface area contributed by atoms with Crippen molar-refractivity contribution in [1.82, 2.24) is 14.9 Å². The Kier molecular flexibility index (Phi) is 3.58. The number of hydrogen-bond donors (Lipinski definition) is 2. The normalized spacial score (nSPS) is 15.9. The molecular weight excluding hydrogens is 226 g/mol. The summed E-state index contributed by atoms with van der Waals surface area (Å²) < 4.78 is 0. The molecule has 0 unspecified atom stereocenters. The predicted molar refractivity (Wildman–Crippen MR) is 63.1 cm³/mol. The van der Waals surface area contributed by atoms with Crippen LogP contribution >= 0.6 is 11.8 Å². The van der Waals surface area contributed by atoms with Crippen molar-refractivity contribution in [2.75, 3.05) is 30.0 Å². The van der Waals surface area contributed by atoms with E-state index in [0.29, 0.717) is 11.5 Å². The van der Waals surface area contributed by atoms with Crippen LogP contribution in [0.25, 0.3) is 0 Å². The summed E-state index contributed by atoms with van der Waals surface area (Å²) in [6.45, 7) is 1.54. The van der Waals surface area contributed by atoms with Crippen molar-refractivity contribution in [3.05, 3.63) is 18.1 Å². The number of nitrogens with one attached hydrogen (secondary N) is 1. The fourth-order valence-electron chi connectivity index (χ4n) is 1.47. The Balaban J connectivity index is 2.12. The van der Waals surface area contributed by atoms with Crippen LogP contribution in [0.3, 0.4) is 0 Å². The fraction of sp³-hybridized carbons (Fsp3) is 0.444. The van der Waals surface area contributed by atoms with E-state index in [1.807, 2.05) is 11.8 Å². The van der Waals surface area contributed by atoms with Crippen LogP contribution in [0.2, 0.25) is 0 Å². The molecule has 1 aromatic rings. The summed E-state index contributed by atoms with van der Waals surface area (Å²) in [5, 5.41) is 0. The summed E-state index contributed by atoms with van der Waals surface area (Å²) >= 11 is 1.86. The molecule has 0 spiro atoms. The molecule has 16 heavy (non-hydrogen) atoms. The van der Waals surface area contributed by atoms with Gasteiger partial charge in [0.2, 0.25) is 0 Å². The summed E-state index contributed by atoms with van der Waals surface area (Å²) in [6, 6.07) is 0. The highest BCUT2D eigenvalue weighted by atomic mass is 32.2. The SMILES string of the molecule is NNc1cncc(C(=O)N2CCSCC2)n1. The van der Waals surface area contributed by atoms with Crippen LogP contribution in [0.5, 0.6) is 0 Å². The van der Waals surface area contributed by atoms with Gasteiger partial charge in [-0.05, 0) is 0 Å². The average molecular weight is 239 g/mol. The lowest BCUT2D eigenvalue weighted by Crippen LogP contribution is -2.38. The number of rotatable bonds is 2. The zero-order valence-electron chi connectivity index (χ0n) is 8.72. The minimum absolute atomic E-state index is 0.0788. The van der Waals surface area contributed by atoms with Crippen LogP contribution in [-0.2, 0) is 0 Å². The van der Waals surface area contributed by atoms with Crippen LogP contribution in [0, 0.1) is 0 Å². The zero-order chi connectivity index (χ0) is 11.4. The lowest BCUT2D eigenvalue weighted by atomic mass is 10.3. The molecule has 0 radical (unpaired) electrons. The van der Waals surface area contributed by atoms with Crippen LogP contribution in [-0.4, -0.2) is 45.4 Å². The van der Waals surface area contributed by atoms with Gasteiger partial charge in [0.05, 0.1) is 12.4 Å². The topological polar surface area (TPSA) is 84.1 Å². The molecule has 2 rings (SSSR count). The number of nitrogens with two attached hydrogens (primary N) is 1. The Morgan fingerprint density at radius 2 is 2.19 bits per heavy atom. The number of anilines is 1. The molecule has 1 fully saturated rings. The lowest BCUT2D eigenvalue weighted by Gasteiger charge is -2.25. The third kappa shape index (κ3) is 2.42. The first-order chi connectivity index (χ1) is 7.81. The van der Waals surface area contributed by atoms with Crippen LogP contribution in [0.1, 0.15) is 10.5 Å². The zero-order valence-corrected chi connectivity index (χ0v) is 9.54. The number of thioether (sulfide) groups is 1. The second-order valence-electron chi connectivity index (χ2n) is 3.34. The largest absolute Gasteiger partial charge is 0.336 e. The quantitative estimate of drug-likeness (QED) is 0.556. The minimum atomic E-state index is -0.0788. The van der Waals surface area contributed by atoms with Crippen molar-refractivity contribution >= 4 is 23.5 Å². The van der Waals surface area contributed by atoms with Gasteiger partial charge in [0.15, 0.2) is 5.82 Å².